The third kappa shape index (κ3) is 18.5. The lowest BCUT2D eigenvalue weighted by molar-refractivity contribution is -0.122. The molecule has 0 heterocycles. The van der Waals surface area contributed by atoms with E-state index in [0.29, 0.717) is 52.6 Å². The van der Waals surface area contributed by atoms with E-state index in [9.17, 15) is 18.0 Å². The highest BCUT2D eigenvalue weighted by atomic mass is 35.5. The van der Waals surface area contributed by atoms with Crippen LogP contribution in [0.3, 0.4) is 0 Å². The molecule has 0 saturated heterocycles. The van der Waals surface area contributed by atoms with Crippen molar-refractivity contribution in [3.63, 3.8) is 0 Å². The molecule has 3 aromatic carbocycles. The van der Waals surface area contributed by atoms with E-state index in [1.807, 2.05) is 12.9 Å². The second kappa shape index (κ2) is 25.4. The van der Waals surface area contributed by atoms with Gasteiger partial charge in [-0.2, -0.15) is 13.2 Å². The minimum absolute atomic E-state index is 0.0780. The Morgan fingerprint density at radius 3 is 2.24 bits per heavy atom. The van der Waals surface area contributed by atoms with Gasteiger partial charge in [-0.3, -0.25) is 9.79 Å². The normalized spacial score (nSPS) is 14.8. The van der Waals surface area contributed by atoms with Crippen LogP contribution in [0.4, 0.5) is 18.9 Å². The van der Waals surface area contributed by atoms with Gasteiger partial charge < -0.3 is 35.9 Å². The Bertz CT molecular complexity index is 1610. The third-order valence-corrected chi connectivity index (χ3v) is 8.51. The number of nitrogens with two attached hydrogens (primary N) is 1. The summed E-state index contributed by atoms with van der Waals surface area (Å²) in [6, 6.07) is 22.8. The smallest absolute Gasteiger partial charge is 0.405 e. The van der Waals surface area contributed by atoms with Gasteiger partial charge in [0, 0.05) is 38.9 Å². The van der Waals surface area contributed by atoms with E-state index < -0.39 is 12.7 Å². The summed E-state index contributed by atoms with van der Waals surface area (Å²) in [4.78, 5) is 34.8. The molecule has 0 bridgehead atoms. The molecule has 0 aliphatic heterocycles. The van der Waals surface area contributed by atoms with Crippen molar-refractivity contribution in [1.29, 1.82) is 0 Å². The minimum atomic E-state index is -4.39. The summed E-state index contributed by atoms with van der Waals surface area (Å²) < 4.78 is 43.5. The van der Waals surface area contributed by atoms with Crippen LogP contribution in [0.5, 0.6) is 5.75 Å². The molecule has 0 spiro atoms. The van der Waals surface area contributed by atoms with Crippen LogP contribution in [-0.2, 0) is 11.3 Å². The fourth-order valence-corrected chi connectivity index (χ4v) is 5.92. The lowest BCUT2D eigenvalue weighted by atomic mass is 9.92. The van der Waals surface area contributed by atoms with Crippen LogP contribution in [0.15, 0.2) is 87.8 Å². The van der Waals surface area contributed by atoms with Crippen LogP contribution in [0, 0.1) is 11.3 Å². The molecule has 1 aliphatic carbocycles. The first-order chi connectivity index (χ1) is 26.4. The number of halogens is 4. The number of carbonyl (C=O) groups excluding carboxylic acids is 2. The number of ether oxygens (including phenoxy) is 1. The lowest BCUT2D eigenvalue weighted by Crippen LogP contribution is -2.43. The van der Waals surface area contributed by atoms with E-state index in [2.05, 4.69) is 87.8 Å². The summed E-state index contributed by atoms with van der Waals surface area (Å²) in [6.07, 6.45) is -2.48. The summed E-state index contributed by atoms with van der Waals surface area (Å²) in [7, 11) is 2.50. The molecule has 1 amide bonds. The summed E-state index contributed by atoms with van der Waals surface area (Å²) in [5.74, 6) is 1.32. The van der Waals surface area contributed by atoms with Crippen LogP contribution < -0.4 is 21.1 Å². The molecular weight excluding hydrogens is 735 g/mol. The van der Waals surface area contributed by atoms with Gasteiger partial charge in [-0.05, 0) is 98.1 Å². The van der Waals surface area contributed by atoms with Crippen LogP contribution >= 0.6 is 11.6 Å². The Morgan fingerprint density at radius 1 is 1.00 bits per heavy atom. The molecular formula is C40H55ClF3N7O4. The average molecular weight is 790 g/mol. The van der Waals surface area contributed by atoms with Gasteiger partial charge in [0.25, 0.3) is 5.91 Å². The van der Waals surface area contributed by atoms with E-state index in [-0.39, 0.29) is 23.8 Å². The van der Waals surface area contributed by atoms with Gasteiger partial charge in [-0.25, -0.2) is 9.98 Å². The van der Waals surface area contributed by atoms with E-state index in [0.717, 1.165) is 39.6 Å². The van der Waals surface area contributed by atoms with E-state index in [4.69, 9.17) is 26.2 Å². The number of aliphatic hydroxyl groups is 1. The van der Waals surface area contributed by atoms with Crippen molar-refractivity contribution in [3.05, 3.63) is 94.5 Å². The molecule has 5 N–H and O–H groups in total. The largest absolute Gasteiger partial charge is 0.492 e. The van der Waals surface area contributed by atoms with Gasteiger partial charge in [0.05, 0.1) is 23.9 Å². The van der Waals surface area contributed by atoms with Crippen LogP contribution in [0.1, 0.15) is 54.1 Å². The molecule has 302 valence electrons. The molecule has 15 heteroatoms. The number of hydrogen-bond donors (Lipinski definition) is 4. The molecule has 0 radical (unpaired) electrons. The molecule has 11 nitrogen and oxygen atoms in total. The first kappa shape index (κ1) is 48.4. The summed E-state index contributed by atoms with van der Waals surface area (Å²) in [6.45, 7) is 15.4. The van der Waals surface area contributed by atoms with E-state index >= 15 is 0 Å². The quantitative estimate of drug-likeness (QED) is 0.0674. The molecule has 55 heavy (non-hydrogen) atoms. The Balaban J connectivity index is 0.00000240. The van der Waals surface area contributed by atoms with Gasteiger partial charge in [0.15, 0.2) is 0 Å². The van der Waals surface area contributed by atoms with E-state index in [1.54, 1.807) is 42.5 Å². The highest BCUT2D eigenvalue weighted by molar-refractivity contribution is 6.32. The number of aliphatic hydroxyl groups excluding tert-OH is 1. The van der Waals surface area contributed by atoms with Crippen molar-refractivity contribution in [1.82, 2.24) is 15.5 Å². The topological polar surface area (TPSA) is 154 Å². The molecule has 1 unspecified atom stereocenters. The van der Waals surface area contributed by atoms with E-state index in [1.165, 1.54) is 12.6 Å². The van der Waals surface area contributed by atoms with Gasteiger partial charge >= 0.3 is 6.18 Å². The van der Waals surface area contributed by atoms with Crippen LogP contribution in [0.25, 0.3) is 0 Å². The molecule has 4 rings (SSSR count). The minimum Gasteiger partial charge on any atom is -0.492 e. The summed E-state index contributed by atoms with van der Waals surface area (Å²) >= 11 is 6.47. The highest BCUT2D eigenvalue weighted by Crippen LogP contribution is 2.48. The summed E-state index contributed by atoms with van der Waals surface area (Å²) in [5.41, 5.74) is 7.67. The number of rotatable bonds is 17. The zero-order valence-corrected chi connectivity index (χ0v) is 32.9. The SMILES string of the molecule is C=NC(=NCc1ccc(OCCCN(C[C@@H]2CC2c2ccccc2)CC(C)(C)CNC(=O)c2ccc(N=C)cc2)c(Cl)c1)NCC(F)(F)F.C=O.CN.CO. The van der Waals surface area contributed by atoms with Crippen molar-refractivity contribution in [2.75, 3.05) is 53.5 Å². The lowest BCUT2D eigenvalue weighted by Gasteiger charge is -2.33. The first-order valence-electron chi connectivity index (χ1n) is 17.5. The number of guanidine groups is 1. The van der Waals surface area contributed by atoms with Gasteiger partial charge in [-0.1, -0.05) is 61.8 Å². The zero-order chi connectivity index (χ0) is 41.4. The number of alkyl halides is 3. The van der Waals surface area contributed by atoms with Crippen molar-refractivity contribution in [2.45, 2.75) is 45.3 Å². The molecule has 1 saturated carbocycles. The maximum atomic E-state index is 12.8. The standard InChI is InChI=1S/C37H44ClF3N6O2.CH5N.CH4O.CH2O/c1-36(2,23-45-34(48)28-12-14-30(42-3)15-13-28)25-47(22-29-20-31(29)27-9-6-5-7-10-27)17-8-18-49-33-16-11-26(19-32(33)38)21-44-35(43-4)46-24-37(39,40)41;3*1-2/h5-7,9-16,19,29,31H,3-4,8,17-18,20-25H2,1-2H3,(H,44,46)(H,45,48);2H2,1H3;2H,1H3;1H2/t29-,31?;;;/m0.../s1. The number of carbonyl (C=O) groups is 2. The van der Waals surface area contributed by atoms with Crippen molar-refractivity contribution in [3.8, 4) is 5.75 Å². The number of nitrogens with zero attached hydrogens (tertiary/aromatic N) is 4. The predicted molar refractivity (Wildman–Crippen MR) is 217 cm³/mol. The number of benzene rings is 3. The fourth-order valence-electron chi connectivity index (χ4n) is 5.66. The molecule has 1 aliphatic rings. The zero-order valence-electron chi connectivity index (χ0n) is 32.1. The Hall–Kier alpha value is -4.63. The molecule has 0 aromatic heterocycles. The maximum Gasteiger partial charge on any atom is 0.405 e. The van der Waals surface area contributed by atoms with Crippen molar-refractivity contribution in [2.24, 2.45) is 32.0 Å². The number of nitrogens with one attached hydrogen (secondary N) is 2. The predicted octanol–water partition coefficient (Wildman–Crippen LogP) is 6.71. The third-order valence-electron chi connectivity index (χ3n) is 8.21. The van der Waals surface area contributed by atoms with Gasteiger partial charge in [-0.15, -0.1) is 0 Å². The molecule has 2 atom stereocenters. The van der Waals surface area contributed by atoms with Gasteiger partial charge in [0.1, 0.15) is 19.1 Å². The van der Waals surface area contributed by atoms with Crippen molar-refractivity contribution < 1.29 is 32.6 Å². The van der Waals surface area contributed by atoms with Crippen LogP contribution in [0.2, 0.25) is 5.02 Å². The van der Waals surface area contributed by atoms with Gasteiger partial charge in [0.2, 0.25) is 5.96 Å². The number of hydrogen-bond acceptors (Lipinski definition) is 8. The first-order valence-corrected chi connectivity index (χ1v) is 17.9. The second-order valence-electron chi connectivity index (χ2n) is 13.0. The fraction of sp³-hybridized carbons (Fsp3) is 0.425. The highest BCUT2D eigenvalue weighted by Gasteiger charge is 2.39. The molecule has 3 aromatic rings. The molecule has 1 fully saturated rings. The monoisotopic (exact) mass is 789 g/mol. The second-order valence-corrected chi connectivity index (χ2v) is 13.4. The average Bonchev–Trinajstić information content (AvgIpc) is 3.97. The maximum absolute atomic E-state index is 12.8. The van der Waals surface area contributed by atoms with Crippen molar-refractivity contribution >= 4 is 49.4 Å². The Morgan fingerprint density at radius 2 is 1.65 bits per heavy atom. The summed E-state index contributed by atoms with van der Waals surface area (Å²) in [5, 5.41) is 12.6. The van der Waals surface area contributed by atoms with Crippen LogP contribution in [-0.4, -0.2) is 102 Å². The number of aliphatic imine (C=N–C) groups is 3. The number of amides is 1. The Kier molecular flexibility index (Phi) is 22.4. The Labute approximate surface area is 328 Å².